The summed E-state index contributed by atoms with van der Waals surface area (Å²) in [4.78, 5) is 22.8. The Kier molecular flexibility index (Phi) is 4.09. The summed E-state index contributed by atoms with van der Waals surface area (Å²) in [7, 11) is 1.32. The molecule has 0 amide bonds. The largest absolute Gasteiger partial charge is 0.469 e. The predicted octanol–water partition coefficient (Wildman–Crippen LogP) is 2.05. The quantitative estimate of drug-likeness (QED) is 0.551. The van der Waals surface area contributed by atoms with E-state index in [1.54, 1.807) is 12.1 Å². The summed E-state index contributed by atoms with van der Waals surface area (Å²) in [6.45, 7) is 1.84. The molecule has 1 heterocycles. The third-order valence-corrected chi connectivity index (χ3v) is 2.26. The van der Waals surface area contributed by atoms with Crippen LogP contribution in [0.5, 0.6) is 0 Å². The normalized spacial score (nSPS) is 12.1. The maximum absolute atomic E-state index is 11.6. The first-order valence-electron chi connectivity index (χ1n) is 4.83. The van der Waals surface area contributed by atoms with E-state index in [1.807, 2.05) is 6.92 Å². The summed E-state index contributed by atoms with van der Waals surface area (Å²) in [5.41, 5.74) is 0. The van der Waals surface area contributed by atoms with Crippen molar-refractivity contribution in [1.82, 2.24) is 0 Å². The van der Waals surface area contributed by atoms with E-state index < -0.39 is 0 Å². The molecule has 1 rings (SSSR count). The van der Waals surface area contributed by atoms with Crippen molar-refractivity contribution >= 4 is 11.8 Å². The number of Topliss-reactive ketones (excluding diaryl/α,β-unsaturated/α-hetero) is 1. The van der Waals surface area contributed by atoms with Gasteiger partial charge >= 0.3 is 5.97 Å². The Morgan fingerprint density at radius 3 is 2.73 bits per heavy atom. The molecule has 1 unspecified atom stereocenters. The van der Waals surface area contributed by atoms with Gasteiger partial charge in [-0.25, -0.2) is 0 Å². The molecule has 1 atom stereocenters. The van der Waals surface area contributed by atoms with Crippen molar-refractivity contribution < 1.29 is 18.7 Å². The zero-order valence-electron chi connectivity index (χ0n) is 8.86. The molecule has 4 nitrogen and oxygen atoms in total. The van der Waals surface area contributed by atoms with Crippen molar-refractivity contribution in [2.24, 2.45) is 5.92 Å². The maximum Gasteiger partial charge on any atom is 0.309 e. The minimum absolute atomic E-state index is 0.136. The summed E-state index contributed by atoms with van der Waals surface area (Å²) in [6, 6.07) is 3.23. The second kappa shape index (κ2) is 5.34. The molecule has 0 aromatic carbocycles. The zero-order chi connectivity index (χ0) is 11.3. The lowest BCUT2D eigenvalue weighted by Crippen LogP contribution is -2.19. The van der Waals surface area contributed by atoms with Gasteiger partial charge in [0.15, 0.2) is 11.5 Å². The molecular formula is C11H14O4. The van der Waals surface area contributed by atoms with Gasteiger partial charge in [-0.2, -0.15) is 0 Å². The van der Waals surface area contributed by atoms with E-state index >= 15 is 0 Å². The molecule has 0 N–H and O–H groups in total. The number of carbonyl (C=O) groups is 2. The van der Waals surface area contributed by atoms with E-state index in [-0.39, 0.29) is 29.9 Å². The van der Waals surface area contributed by atoms with Gasteiger partial charge in [0.25, 0.3) is 0 Å². The first kappa shape index (κ1) is 11.5. The van der Waals surface area contributed by atoms with Crippen LogP contribution in [0.25, 0.3) is 0 Å². The van der Waals surface area contributed by atoms with Crippen LogP contribution < -0.4 is 0 Å². The minimum atomic E-state index is -0.382. The highest BCUT2D eigenvalue weighted by Gasteiger charge is 2.22. The van der Waals surface area contributed by atoms with Crippen molar-refractivity contribution in [3.05, 3.63) is 24.2 Å². The number of rotatable bonds is 5. The van der Waals surface area contributed by atoms with Crippen LogP contribution in [-0.2, 0) is 9.53 Å². The molecule has 1 aromatic rings. The Labute approximate surface area is 88.2 Å². The van der Waals surface area contributed by atoms with Gasteiger partial charge in [-0.1, -0.05) is 6.92 Å². The second-order valence-corrected chi connectivity index (χ2v) is 3.23. The fourth-order valence-corrected chi connectivity index (χ4v) is 1.32. The maximum atomic E-state index is 11.6. The van der Waals surface area contributed by atoms with Crippen LogP contribution in [0.3, 0.4) is 0 Å². The number of carbonyl (C=O) groups excluding carboxylic acids is 2. The van der Waals surface area contributed by atoms with E-state index in [4.69, 9.17) is 4.42 Å². The van der Waals surface area contributed by atoms with E-state index in [1.165, 1.54) is 13.4 Å². The molecule has 4 heteroatoms. The zero-order valence-corrected chi connectivity index (χ0v) is 8.86. The van der Waals surface area contributed by atoms with Crippen LogP contribution in [0, 0.1) is 5.92 Å². The summed E-state index contributed by atoms with van der Waals surface area (Å²) < 4.78 is 9.55. The Morgan fingerprint density at radius 2 is 2.27 bits per heavy atom. The van der Waals surface area contributed by atoms with Gasteiger partial charge in [-0.15, -0.1) is 0 Å². The predicted molar refractivity (Wildman–Crippen MR) is 53.5 cm³/mol. The molecule has 1 aromatic heterocycles. The highest BCUT2D eigenvalue weighted by atomic mass is 16.5. The lowest BCUT2D eigenvalue weighted by atomic mass is 9.99. The fraction of sp³-hybridized carbons (Fsp3) is 0.455. The van der Waals surface area contributed by atoms with Crippen molar-refractivity contribution in [1.29, 1.82) is 0 Å². The molecule has 0 fully saturated rings. The van der Waals surface area contributed by atoms with Gasteiger partial charge < -0.3 is 9.15 Å². The molecule has 0 aliphatic heterocycles. The molecule has 15 heavy (non-hydrogen) atoms. The summed E-state index contributed by atoms with van der Waals surface area (Å²) in [6.07, 6.45) is 2.15. The van der Waals surface area contributed by atoms with Crippen molar-refractivity contribution in [2.75, 3.05) is 7.11 Å². The van der Waals surface area contributed by atoms with E-state index in [9.17, 15) is 9.59 Å². The standard InChI is InChI=1S/C11H14O4/c1-3-8(11(13)14-2)7-9(12)10-5-4-6-15-10/h4-6,8H,3,7H2,1-2H3. The number of ketones is 1. The van der Waals surface area contributed by atoms with E-state index in [0.717, 1.165) is 0 Å². The van der Waals surface area contributed by atoms with Gasteiger partial charge in [-0.05, 0) is 18.6 Å². The monoisotopic (exact) mass is 210 g/mol. The molecule has 0 radical (unpaired) electrons. The van der Waals surface area contributed by atoms with Crippen molar-refractivity contribution in [2.45, 2.75) is 19.8 Å². The molecule has 0 spiro atoms. The molecular weight excluding hydrogens is 196 g/mol. The van der Waals surface area contributed by atoms with E-state index in [2.05, 4.69) is 4.74 Å². The topological polar surface area (TPSA) is 56.5 Å². The molecule has 0 aliphatic carbocycles. The highest BCUT2D eigenvalue weighted by Crippen LogP contribution is 2.15. The fourth-order valence-electron chi connectivity index (χ4n) is 1.32. The van der Waals surface area contributed by atoms with Crippen LogP contribution in [0.15, 0.2) is 22.8 Å². The lowest BCUT2D eigenvalue weighted by molar-refractivity contribution is -0.145. The third-order valence-electron chi connectivity index (χ3n) is 2.26. The van der Waals surface area contributed by atoms with Crippen LogP contribution in [0.1, 0.15) is 30.3 Å². The van der Waals surface area contributed by atoms with Crippen LogP contribution in [0.4, 0.5) is 0 Å². The molecule has 82 valence electrons. The molecule has 0 saturated carbocycles. The van der Waals surface area contributed by atoms with Gasteiger partial charge in [0.1, 0.15) is 0 Å². The highest BCUT2D eigenvalue weighted by molar-refractivity contribution is 5.95. The molecule has 0 bridgehead atoms. The summed E-state index contributed by atoms with van der Waals surface area (Å²) in [5.74, 6) is -0.611. The Bertz CT molecular complexity index is 326. The van der Waals surface area contributed by atoms with Gasteiger partial charge in [0, 0.05) is 6.42 Å². The Hall–Kier alpha value is -1.58. The lowest BCUT2D eigenvalue weighted by Gasteiger charge is -2.09. The van der Waals surface area contributed by atoms with Crippen LogP contribution >= 0.6 is 0 Å². The van der Waals surface area contributed by atoms with Crippen LogP contribution in [0.2, 0.25) is 0 Å². The molecule has 0 saturated heterocycles. The SMILES string of the molecule is CCC(CC(=O)c1ccco1)C(=O)OC. The second-order valence-electron chi connectivity index (χ2n) is 3.23. The van der Waals surface area contributed by atoms with Gasteiger partial charge in [0.05, 0.1) is 19.3 Å². The number of ether oxygens (including phenoxy) is 1. The smallest absolute Gasteiger partial charge is 0.309 e. The van der Waals surface area contributed by atoms with Gasteiger partial charge in [0.2, 0.25) is 0 Å². The summed E-state index contributed by atoms with van der Waals surface area (Å²) >= 11 is 0. The van der Waals surface area contributed by atoms with Crippen molar-refractivity contribution in [3.8, 4) is 0 Å². The van der Waals surface area contributed by atoms with Crippen molar-refractivity contribution in [3.63, 3.8) is 0 Å². The van der Waals surface area contributed by atoms with Gasteiger partial charge in [-0.3, -0.25) is 9.59 Å². The first-order valence-corrected chi connectivity index (χ1v) is 4.83. The average Bonchev–Trinajstić information content (AvgIpc) is 2.77. The Balaban J connectivity index is 2.60. The Morgan fingerprint density at radius 1 is 1.53 bits per heavy atom. The number of furan rings is 1. The number of hydrogen-bond donors (Lipinski definition) is 0. The number of hydrogen-bond acceptors (Lipinski definition) is 4. The minimum Gasteiger partial charge on any atom is -0.469 e. The molecule has 0 aliphatic rings. The van der Waals surface area contributed by atoms with E-state index in [0.29, 0.717) is 6.42 Å². The number of esters is 1. The third kappa shape index (κ3) is 2.94. The number of methoxy groups -OCH3 is 1. The average molecular weight is 210 g/mol. The first-order chi connectivity index (χ1) is 7.19. The van der Waals surface area contributed by atoms with Crippen LogP contribution in [-0.4, -0.2) is 18.9 Å². The summed E-state index contributed by atoms with van der Waals surface area (Å²) in [5, 5.41) is 0.